The van der Waals surface area contributed by atoms with Crippen LogP contribution < -0.4 is 5.32 Å². The Kier molecular flexibility index (Phi) is 3.38. The zero-order valence-electron chi connectivity index (χ0n) is 4.78. The molecule has 0 spiro atoms. The van der Waals surface area contributed by atoms with E-state index in [9.17, 15) is 0 Å². The van der Waals surface area contributed by atoms with Crippen LogP contribution in [0.1, 0.15) is 20.3 Å². The lowest BCUT2D eigenvalue weighted by molar-refractivity contribution is 0.959. The fourth-order valence-corrected chi connectivity index (χ4v) is 0.255. The summed E-state index contributed by atoms with van der Waals surface area (Å²) < 4.78 is 0. The van der Waals surface area contributed by atoms with Crippen LogP contribution in [0.15, 0.2) is 0 Å². The number of amidine groups is 1. The van der Waals surface area contributed by atoms with Crippen LogP contribution >= 0.6 is 0 Å². The fraction of sp³-hybridized carbons (Fsp3) is 0.600. The highest BCUT2D eigenvalue weighted by Gasteiger charge is 1.79. The molecular weight excluding hydrogens is 88.1 g/mol. The summed E-state index contributed by atoms with van der Waals surface area (Å²) >= 11 is 0. The number of hydrogen-bond acceptors (Lipinski definition) is 1. The van der Waals surface area contributed by atoms with Gasteiger partial charge in [-0.15, -0.1) is 0 Å². The predicted octanol–water partition coefficient (Wildman–Crippen LogP) is 1.14. The Balaban J connectivity index is 2.82. The van der Waals surface area contributed by atoms with Gasteiger partial charge in [0.1, 0.15) is 0 Å². The summed E-state index contributed by atoms with van der Waals surface area (Å²) in [6.45, 7) is 5.59. The van der Waals surface area contributed by atoms with E-state index in [4.69, 9.17) is 5.41 Å². The van der Waals surface area contributed by atoms with Crippen molar-refractivity contribution < 1.29 is 0 Å². The molecule has 0 aliphatic heterocycles. The van der Waals surface area contributed by atoms with Crippen molar-refractivity contribution in [3.05, 3.63) is 6.54 Å². The Morgan fingerprint density at radius 2 is 2.43 bits per heavy atom. The van der Waals surface area contributed by atoms with Crippen molar-refractivity contribution in [2.45, 2.75) is 20.3 Å². The molecule has 0 aliphatic carbocycles. The van der Waals surface area contributed by atoms with Gasteiger partial charge in [-0.2, -0.15) is 0 Å². The smallest absolute Gasteiger partial charge is 0.0902 e. The maximum atomic E-state index is 6.86. The van der Waals surface area contributed by atoms with Crippen LogP contribution in [-0.4, -0.2) is 5.84 Å². The SMILES string of the molecule is CC[CH]NC(C)=N. The molecule has 2 heteroatoms. The van der Waals surface area contributed by atoms with Crippen molar-refractivity contribution >= 4 is 5.84 Å². The molecule has 0 rings (SSSR count). The molecule has 0 fully saturated rings. The summed E-state index contributed by atoms with van der Waals surface area (Å²) in [4.78, 5) is 0. The molecule has 2 N–H and O–H groups in total. The van der Waals surface area contributed by atoms with Gasteiger partial charge in [0, 0.05) is 6.54 Å². The van der Waals surface area contributed by atoms with Crippen LogP contribution in [0.5, 0.6) is 0 Å². The first kappa shape index (κ1) is 6.47. The maximum absolute atomic E-state index is 6.86. The fourth-order valence-electron chi connectivity index (χ4n) is 0.255. The molecule has 0 bridgehead atoms. The second-order valence-electron chi connectivity index (χ2n) is 1.38. The van der Waals surface area contributed by atoms with Gasteiger partial charge in [0.15, 0.2) is 0 Å². The van der Waals surface area contributed by atoms with Gasteiger partial charge in [0.2, 0.25) is 0 Å². The van der Waals surface area contributed by atoms with Crippen LogP contribution in [-0.2, 0) is 0 Å². The molecule has 0 saturated heterocycles. The van der Waals surface area contributed by atoms with Crippen LogP contribution in [0, 0.1) is 12.0 Å². The van der Waals surface area contributed by atoms with E-state index in [-0.39, 0.29) is 0 Å². The first-order chi connectivity index (χ1) is 3.27. The van der Waals surface area contributed by atoms with Gasteiger partial charge >= 0.3 is 0 Å². The third-order valence-electron chi connectivity index (χ3n) is 0.523. The summed E-state index contributed by atoms with van der Waals surface area (Å²) in [5.41, 5.74) is 0. The van der Waals surface area contributed by atoms with E-state index < -0.39 is 0 Å². The highest BCUT2D eigenvalue weighted by molar-refractivity contribution is 5.76. The molecule has 0 aromatic carbocycles. The normalized spacial score (nSPS) is 8.29. The first-order valence-corrected chi connectivity index (χ1v) is 2.40. The summed E-state index contributed by atoms with van der Waals surface area (Å²) in [7, 11) is 0. The topological polar surface area (TPSA) is 35.9 Å². The van der Waals surface area contributed by atoms with Crippen molar-refractivity contribution in [1.82, 2.24) is 5.32 Å². The average molecular weight is 99.2 g/mol. The first-order valence-electron chi connectivity index (χ1n) is 2.40. The van der Waals surface area contributed by atoms with E-state index >= 15 is 0 Å². The molecule has 0 heterocycles. The van der Waals surface area contributed by atoms with Gasteiger partial charge in [-0.3, -0.25) is 5.41 Å². The third kappa shape index (κ3) is 5.47. The minimum Gasteiger partial charge on any atom is -0.369 e. The monoisotopic (exact) mass is 99.1 g/mol. The molecule has 0 amide bonds. The molecule has 41 valence electrons. The van der Waals surface area contributed by atoms with Gasteiger partial charge in [-0.25, -0.2) is 0 Å². The van der Waals surface area contributed by atoms with Crippen LogP contribution in [0.2, 0.25) is 0 Å². The van der Waals surface area contributed by atoms with E-state index in [0.29, 0.717) is 5.84 Å². The zero-order valence-corrected chi connectivity index (χ0v) is 4.78. The van der Waals surface area contributed by atoms with Gasteiger partial charge < -0.3 is 5.32 Å². The molecule has 0 aromatic heterocycles. The second-order valence-corrected chi connectivity index (χ2v) is 1.38. The zero-order chi connectivity index (χ0) is 5.70. The molecule has 2 nitrogen and oxygen atoms in total. The molecule has 0 aromatic rings. The molecule has 7 heavy (non-hydrogen) atoms. The van der Waals surface area contributed by atoms with Crippen molar-refractivity contribution in [2.24, 2.45) is 0 Å². The van der Waals surface area contributed by atoms with Gasteiger partial charge in [-0.1, -0.05) is 6.92 Å². The predicted molar refractivity (Wildman–Crippen MR) is 31.1 cm³/mol. The summed E-state index contributed by atoms with van der Waals surface area (Å²) in [5.74, 6) is 0.502. The number of hydrogen-bond donors (Lipinski definition) is 2. The highest BCUT2D eigenvalue weighted by atomic mass is 14.9. The third-order valence-corrected chi connectivity index (χ3v) is 0.523. The molecule has 0 saturated carbocycles. The maximum Gasteiger partial charge on any atom is 0.0902 e. The van der Waals surface area contributed by atoms with Crippen LogP contribution in [0.4, 0.5) is 0 Å². The average Bonchev–Trinajstić information content (AvgIpc) is 1.61. The minimum atomic E-state index is 0.502. The Bertz CT molecular complexity index is 59.1. The highest BCUT2D eigenvalue weighted by Crippen LogP contribution is 1.75. The van der Waals surface area contributed by atoms with Crippen LogP contribution in [0.3, 0.4) is 0 Å². The van der Waals surface area contributed by atoms with Crippen molar-refractivity contribution in [3.63, 3.8) is 0 Å². The lowest BCUT2D eigenvalue weighted by Crippen LogP contribution is -2.14. The molecular formula is C5H11N2. The molecule has 0 unspecified atom stereocenters. The quantitative estimate of drug-likeness (QED) is 0.395. The van der Waals surface area contributed by atoms with Crippen molar-refractivity contribution in [2.75, 3.05) is 0 Å². The lowest BCUT2D eigenvalue weighted by atomic mass is 10.5. The van der Waals surface area contributed by atoms with Crippen molar-refractivity contribution in [3.8, 4) is 0 Å². The lowest BCUT2D eigenvalue weighted by Gasteiger charge is -1.96. The Labute approximate surface area is 44.4 Å². The summed E-state index contributed by atoms with van der Waals surface area (Å²) in [6.07, 6.45) is 0.968. The number of nitrogens with one attached hydrogen (secondary N) is 2. The largest absolute Gasteiger partial charge is 0.369 e. The Morgan fingerprint density at radius 1 is 1.86 bits per heavy atom. The minimum absolute atomic E-state index is 0.502. The number of rotatable bonds is 2. The Morgan fingerprint density at radius 3 is 2.57 bits per heavy atom. The van der Waals surface area contributed by atoms with E-state index in [1.807, 2.05) is 13.5 Å². The van der Waals surface area contributed by atoms with Gasteiger partial charge in [0.25, 0.3) is 0 Å². The Hall–Kier alpha value is -0.530. The van der Waals surface area contributed by atoms with Crippen LogP contribution in [0.25, 0.3) is 0 Å². The molecule has 0 aliphatic rings. The van der Waals surface area contributed by atoms with Gasteiger partial charge in [0.05, 0.1) is 5.84 Å². The molecule has 1 radical (unpaired) electrons. The van der Waals surface area contributed by atoms with Crippen molar-refractivity contribution in [1.29, 1.82) is 5.41 Å². The van der Waals surface area contributed by atoms with Gasteiger partial charge in [-0.05, 0) is 13.3 Å². The van der Waals surface area contributed by atoms with E-state index in [2.05, 4.69) is 5.32 Å². The van der Waals surface area contributed by atoms with E-state index in [0.717, 1.165) is 6.42 Å². The summed E-state index contributed by atoms with van der Waals surface area (Å²) in [5, 5.41) is 9.61. The summed E-state index contributed by atoms with van der Waals surface area (Å²) in [6, 6.07) is 0. The second kappa shape index (κ2) is 3.65. The standard InChI is InChI=1S/C5H11N2/c1-3-4-7-5(2)6/h4H,3H2,1-2H3,(H2,6,7). The van der Waals surface area contributed by atoms with E-state index in [1.165, 1.54) is 0 Å². The molecule has 0 atom stereocenters. The van der Waals surface area contributed by atoms with E-state index in [1.54, 1.807) is 6.92 Å².